The molecule has 1 aromatic carbocycles. The van der Waals surface area contributed by atoms with Crippen LogP contribution in [-0.4, -0.2) is 80.4 Å². The molecule has 0 saturated carbocycles. The zero-order valence-corrected chi connectivity index (χ0v) is 23.7. The maximum Gasteiger partial charge on any atom is 0.247 e. The Morgan fingerprint density at radius 3 is 2.47 bits per heavy atom. The van der Waals surface area contributed by atoms with Gasteiger partial charge < -0.3 is 19.8 Å². The lowest BCUT2D eigenvalue weighted by molar-refractivity contribution is -0.145. The Balaban J connectivity index is 1.79. The summed E-state index contributed by atoms with van der Waals surface area (Å²) in [7, 11) is 0. The summed E-state index contributed by atoms with van der Waals surface area (Å²) in [5, 5.41) is 10.1. The number of unbranched alkanes of at least 4 members (excludes halogenated alkanes) is 1. The number of amides is 3. The Morgan fingerprint density at radius 1 is 1.18 bits per heavy atom. The molecular weight excluding hydrogens is 498 g/mol. The number of para-hydroxylation sites is 1. The normalized spacial score (nSPS) is 30.2. The van der Waals surface area contributed by atoms with Crippen LogP contribution in [-0.2, 0) is 14.4 Å². The van der Waals surface area contributed by atoms with E-state index in [2.05, 4.69) is 27.0 Å². The van der Waals surface area contributed by atoms with E-state index in [0.717, 1.165) is 24.9 Å². The van der Waals surface area contributed by atoms with Crippen molar-refractivity contribution in [2.45, 2.75) is 68.0 Å². The number of anilines is 1. The first kappa shape index (κ1) is 28.4. The third kappa shape index (κ3) is 4.49. The first-order valence-electron chi connectivity index (χ1n) is 13.7. The summed E-state index contributed by atoms with van der Waals surface area (Å²) < 4.78 is -1.18. The molecule has 3 saturated heterocycles. The average molecular weight is 540 g/mol. The van der Waals surface area contributed by atoms with Crippen LogP contribution < -0.4 is 4.90 Å². The fourth-order valence-corrected chi connectivity index (χ4v) is 9.11. The van der Waals surface area contributed by atoms with E-state index in [1.807, 2.05) is 30.3 Å². The van der Waals surface area contributed by atoms with E-state index < -0.39 is 33.4 Å². The highest BCUT2D eigenvalue weighted by Crippen LogP contribution is 2.72. The van der Waals surface area contributed by atoms with Crippen molar-refractivity contribution in [2.24, 2.45) is 11.8 Å². The molecule has 8 heteroatoms. The summed E-state index contributed by atoms with van der Waals surface area (Å²) in [5.41, 5.74) is 0.762. The molecule has 3 amide bonds. The Hall–Kier alpha value is -2.58. The maximum absolute atomic E-state index is 14.4. The van der Waals surface area contributed by atoms with E-state index in [-0.39, 0.29) is 24.3 Å². The lowest BCUT2D eigenvalue weighted by atomic mass is 9.66. The standard InChI is InChI=1S/C30H41N3O4S/c1-6-9-19-31(17-7-2)28(37)25-30-16-15-29(5,38-30)23(24(30)27(36)33(25)21(4)20-34)26(35)32(18-8-3)22-13-11-10-12-14-22/h7-8,10-14,21,23-25,34H,2-3,6,9,15-20H2,1,4-5H3/t21-,23+,24+,25?,29-,30?/m1/s1. The number of carbonyl (C=O) groups excluding carboxylic acids is 3. The van der Waals surface area contributed by atoms with Crippen LogP contribution in [0.5, 0.6) is 0 Å². The molecule has 6 atom stereocenters. The van der Waals surface area contributed by atoms with Crippen LogP contribution in [0.2, 0.25) is 0 Å². The first-order valence-corrected chi connectivity index (χ1v) is 14.5. The fraction of sp³-hybridized carbons (Fsp3) is 0.567. The number of carbonyl (C=O) groups is 3. The smallest absolute Gasteiger partial charge is 0.247 e. The molecule has 4 rings (SSSR count). The molecule has 206 valence electrons. The van der Waals surface area contributed by atoms with Gasteiger partial charge in [0, 0.05) is 30.1 Å². The number of aliphatic hydroxyl groups is 1. The third-order valence-electron chi connectivity index (χ3n) is 8.54. The van der Waals surface area contributed by atoms with E-state index in [0.29, 0.717) is 26.1 Å². The molecule has 1 N–H and O–H groups in total. The lowest BCUT2D eigenvalue weighted by Gasteiger charge is -2.39. The summed E-state index contributed by atoms with van der Waals surface area (Å²) in [6, 6.07) is 8.21. The topological polar surface area (TPSA) is 81.2 Å². The van der Waals surface area contributed by atoms with E-state index in [9.17, 15) is 19.5 Å². The number of aliphatic hydroxyl groups excluding tert-OH is 1. The highest BCUT2D eigenvalue weighted by atomic mass is 32.2. The molecule has 1 spiro atoms. The third-order valence-corrected chi connectivity index (χ3v) is 10.5. The van der Waals surface area contributed by atoms with Gasteiger partial charge in [-0.1, -0.05) is 43.7 Å². The van der Waals surface area contributed by atoms with Gasteiger partial charge in [0.1, 0.15) is 6.04 Å². The van der Waals surface area contributed by atoms with Gasteiger partial charge in [-0.3, -0.25) is 14.4 Å². The number of benzene rings is 1. The number of hydrogen-bond acceptors (Lipinski definition) is 5. The van der Waals surface area contributed by atoms with Crippen LogP contribution in [0.1, 0.15) is 46.5 Å². The number of hydrogen-bond donors (Lipinski definition) is 1. The van der Waals surface area contributed by atoms with Gasteiger partial charge in [0.05, 0.1) is 29.2 Å². The van der Waals surface area contributed by atoms with Gasteiger partial charge in [-0.2, -0.15) is 0 Å². The van der Waals surface area contributed by atoms with E-state index >= 15 is 0 Å². The van der Waals surface area contributed by atoms with Crippen LogP contribution in [0.3, 0.4) is 0 Å². The van der Waals surface area contributed by atoms with Crippen LogP contribution in [0.15, 0.2) is 55.6 Å². The predicted octanol–water partition coefficient (Wildman–Crippen LogP) is 3.88. The van der Waals surface area contributed by atoms with Crippen molar-refractivity contribution in [3.63, 3.8) is 0 Å². The molecule has 2 unspecified atom stereocenters. The molecule has 0 radical (unpaired) electrons. The van der Waals surface area contributed by atoms with Gasteiger partial charge >= 0.3 is 0 Å². The molecule has 3 fully saturated rings. The van der Waals surface area contributed by atoms with Crippen LogP contribution in [0, 0.1) is 11.8 Å². The zero-order valence-electron chi connectivity index (χ0n) is 22.8. The van der Waals surface area contributed by atoms with Crippen molar-refractivity contribution in [3.8, 4) is 0 Å². The number of likely N-dealkylation sites (tertiary alicyclic amines) is 1. The van der Waals surface area contributed by atoms with Gasteiger partial charge in [-0.15, -0.1) is 24.9 Å². The fourth-order valence-electron chi connectivity index (χ4n) is 6.78. The second-order valence-electron chi connectivity index (χ2n) is 11.0. The van der Waals surface area contributed by atoms with Crippen molar-refractivity contribution in [1.29, 1.82) is 0 Å². The lowest BCUT2D eigenvalue weighted by Crippen LogP contribution is -2.57. The van der Waals surface area contributed by atoms with E-state index in [1.165, 1.54) is 0 Å². The quantitative estimate of drug-likeness (QED) is 0.408. The van der Waals surface area contributed by atoms with Crippen molar-refractivity contribution in [2.75, 3.05) is 31.1 Å². The second-order valence-corrected chi connectivity index (χ2v) is 12.9. The molecule has 3 aliphatic rings. The Labute approximate surface area is 230 Å². The first-order chi connectivity index (χ1) is 18.2. The molecule has 0 aliphatic carbocycles. The van der Waals surface area contributed by atoms with Crippen molar-refractivity contribution < 1.29 is 19.5 Å². The van der Waals surface area contributed by atoms with Crippen LogP contribution in [0.25, 0.3) is 0 Å². The van der Waals surface area contributed by atoms with Crippen molar-refractivity contribution in [3.05, 3.63) is 55.6 Å². The van der Waals surface area contributed by atoms with Crippen LogP contribution >= 0.6 is 11.8 Å². The molecule has 2 bridgehead atoms. The van der Waals surface area contributed by atoms with Gasteiger partial charge in [-0.05, 0) is 45.2 Å². The zero-order chi connectivity index (χ0) is 27.7. The van der Waals surface area contributed by atoms with Gasteiger partial charge in [0.15, 0.2) is 0 Å². The molecule has 1 aromatic rings. The maximum atomic E-state index is 14.4. The predicted molar refractivity (Wildman–Crippen MR) is 153 cm³/mol. The van der Waals surface area contributed by atoms with Gasteiger partial charge in [0.2, 0.25) is 17.7 Å². The minimum Gasteiger partial charge on any atom is -0.394 e. The number of rotatable bonds is 12. The summed E-state index contributed by atoms with van der Waals surface area (Å²) in [4.78, 5) is 48.0. The Morgan fingerprint density at radius 2 is 1.87 bits per heavy atom. The molecule has 0 aromatic heterocycles. The number of thioether (sulfide) groups is 1. The Kier molecular flexibility index (Phi) is 8.43. The van der Waals surface area contributed by atoms with E-state index in [4.69, 9.17) is 0 Å². The average Bonchev–Trinajstić information content (AvgIpc) is 3.49. The summed E-state index contributed by atoms with van der Waals surface area (Å²) in [6.07, 6.45) is 6.65. The van der Waals surface area contributed by atoms with E-state index in [1.54, 1.807) is 45.5 Å². The summed E-state index contributed by atoms with van der Waals surface area (Å²) >= 11 is 1.66. The molecule has 3 aliphatic heterocycles. The Bertz CT molecular complexity index is 1080. The SMILES string of the molecule is C=CCN(CCCC)C(=O)C1N([C@H](C)CO)C(=O)[C@@H]2[C@@H](C(=O)N(CC=C)c3ccccc3)[C@@]3(C)CCC12S3. The minimum atomic E-state index is -0.729. The monoisotopic (exact) mass is 539 g/mol. The van der Waals surface area contributed by atoms with Crippen LogP contribution in [0.4, 0.5) is 5.69 Å². The number of nitrogens with zero attached hydrogens (tertiary/aromatic N) is 3. The van der Waals surface area contributed by atoms with Crippen molar-refractivity contribution >= 4 is 35.2 Å². The molecule has 7 nitrogen and oxygen atoms in total. The number of fused-ring (bicyclic) bond motifs is 1. The van der Waals surface area contributed by atoms with Gasteiger partial charge in [0.25, 0.3) is 0 Å². The highest BCUT2D eigenvalue weighted by molar-refractivity contribution is 8.02. The molecule has 3 heterocycles. The minimum absolute atomic E-state index is 0.106. The van der Waals surface area contributed by atoms with Gasteiger partial charge in [-0.25, -0.2) is 0 Å². The second kappa shape index (κ2) is 11.3. The molecular formula is C30H41N3O4S. The highest BCUT2D eigenvalue weighted by Gasteiger charge is 2.77. The van der Waals surface area contributed by atoms with Crippen molar-refractivity contribution in [1.82, 2.24) is 9.80 Å². The summed E-state index contributed by atoms with van der Waals surface area (Å²) in [5.74, 6) is -1.62. The molecule has 38 heavy (non-hydrogen) atoms. The largest absolute Gasteiger partial charge is 0.394 e. The summed E-state index contributed by atoms with van der Waals surface area (Å²) in [6.45, 7) is 14.7.